The molecular formula is C18H19N3O5S. The predicted octanol–water partition coefficient (Wildman–Crippen LogP) is 2.93. The fraction of sp³-hybridized carbons (Fsp3) is 0.222. The normalized spacial score (nSPS) is 12.1. The molecule has 0 aliphatic rings. The molecule has 9 heteroatoms. The van der Waals surface area contributed by atoms with Gasteiger partial charge >= 0.3 is 0 Å². The molecule has 0 heterocycles. The zero-order valence-corrected chi connectivity index (χ0v) is 15.9. The third-order valence-electron chi connectivity index (χ3n) is 3.73. The van der Waals surface area contributed by atoms with E-state index in [1.54, 1.807) is 39.0 Å². The van der Waals surface area contributed by atoms with Gasteiger partial charge in [-0.3, -0.25) is 14.9 Å². The van der Waals surface area contributed by atoms with Gasteiger partial charge in [-0.2, -0.15) is 5.10 Å². The van der Waals surface area contributed by atoms with Gasteiger partial charge in [0.2, 0.25) is 0 Å². The summed E-state index contributed by atoms with van der Waals surface area (Å²) in [4.78, 5) is 22.6. The zero-order chi connectivity index (χ0) is 20.2. The van der Waals surface area contributed by atoms with Crippen LogP contribution in [0, 0.1) is 10.1 Å². The highest BCUT2D eigenvalue weighted by atomic mass is 32.2. The first kappa shape index (κ1) is 20.2. The number of sulfone groups is 1. The Morgan fingerprint density at radius 2 is 1.70 bits per heavy atom. The van der Waals surface area contributed by atoms with Crippen molar-refractivity contribution in [1.29, 1.82) is 0 Å². The second kappa shape index (κ2) is 7.67. The van der Waals surface area contributed by atoms with Gasteiger partial charge in [0.1, 0.15) is 5.56 Å². The van der Waals surface area contributed by atoms with E-state index in [4.69, 9.17) is 0 Å². The first-order valence-corrected chi connectivity index (χ1v) is 9.44. The van der Waals surface area contributed by atoms with E-state index < -0.39 is 25.4 Å². The van der Waals surface area contributed by atoms with Crippen molar-refractivity contribution >= 4 is 27.6 Å². The Kier molecular flexibility index (Phi) is 5.75. The lowest BCUT2D eigenvalue weighted by Crippen LogP contribution is -2.28. The van der Waals surface area contributed by atoms with Crippen LogP contribution in [0.3, 0.4) is 0 Å². The molecule has 27 heavy (non-hydrogen) atoms. The highest BCUT2D eigenvalue weighted by Gasteiger charge is 2.32. The van der Waals surface area contributed by atoms with Gasteiger partial charge in [-0.1, -0.05) is 30.3 Å². The van der Waals surface area contributed by atoms with Crippen LogP contribution < -0.4 is 5.43 Å². The molecule has 8 nitrogen and oxygen atoms in total. The number of carbonyl (C=O) groups excluding carboxylic acids is 1. The van der Waals surface area contributed by atoms with Crippen LogP contribution in [0.5, 0.6) is 0 Å². The molecule has 0 atom stereocenters. The van der Waals surface area contributed by atoms with Crippen LogP contribution >= 0.6 is 0 Å². The third kappa shape index (κ3) is 4.37. The molecule has 1 N–H and O–H groups in total. The van der Waals surface area contributed by atoms with Gasteiger partial charge in [0.25, 0.3) is 11.6 Å². The summed E-state index contributed by atoms with van der Waals surface area (Å²) in [7, 11) is -3.62. The number of nitro groups is 1. The van der Waals surface area contributed by atoms with E-state index in [1.165, 1.54) is 36.5 Å². The molecule has 0 spiro atoms. The molecule has 0 aromatic heterocycles. The van der Waals surface area contributed by atoms with E-state index in [0.717, 1.165) is 0 Å². The second-order valence-electron chi connectivity index (χ2n) is 6.63. The lowest BCUT2D eigenvalue weighted by atomic mass is 10.2. The monoisotopic (exact) mass is 389 g/mol. The van der Waals surface area contributed by atoms with Crippen LogP contribution in [0.1, 0.15) is 36.7 Å². The SMILES string of the molecule is CC(C)(C)S(=O)(=O)c1ccccc1/C=N/NC(=O)c1ccccc1[N+](=O)[O-]. The van der Waals surface area contributed by atoms with Crippen molar-refractivity contribution in [3.8, 4) is 0 Å². The van der Waals surface area contributed by atoms with Gasteiger partial charge in [-0.25, -0.2) is 13.8 Å². The molecule has 0 saturated heterocycles. The standard InChI is InChI=1S/C18H19N3O5S/c1-18(2,3)27(25,26)16-11-7-4-8-13(16)12-19-20-17(22)14-9-5-6-10-15(14)21(23)24/h4-12H,1-3H3,(H,20,22)/b19-12+. The molecule has 0 aliphatic carbocycles. The Morgan fingerprint density at radius 1 is 1.11 bits per heavy atom. The largest absolute Gasteiger partial charge is 0.282 e. The number of nitrogens with one attached hydrogen (secondary N) is 1. The number of para-hydroxylation sites is 1. The summed E-state index contributed by atoms with van der Waals surface area (Å²) < 4.78 is 24.4. The van der Waals surface area contributed by atoms with E-state index in [0.29, 0.717) is 5.56 Å². The van der Waals surface area contributed by atoms with Crippen LogP contribution in [0.15, 0.2) is 58.5 Å². The first-order valence-electron chi connectivity index (χ1n) is 7.96. The van der Waals surface area contributed by atoms with Crippen molar-refractivity contribution in [3.63, 3.8) is 0 Å². The Balaban J connectivity index is 2.29. The van der Waals surface area contributed by atoms with Crippen molar-refractivity contribution in [2.24, 2.45) is 5.10 Å². The molecule has 2 aromatic rings. The maximum Gasteiger partial charge on any atom is 0.282 e. The molecule has 0 aliphatic heterocycles. The van der Waals surface area contributed by atoms with Gasteiger partial charge in [0.05, 0.1) is 20.8 Å². The summed E-state index contributed by atoms with van der Waals surface area (Å²) in [5, 5.41) is 14.8. The maximum absolute atomic E-state index is 12.7. The number of rotatable bonds is 5. The molecule has 0 bridgehead atoms. The number of carbonyl (C=O) groups is 1. The summed E-state index contributed by atoms with van der Waals surface area (Å²) in [5.41, 5.74) is 2.00. The Labute approximate surface area is 157 Å². The highest BCUT2D eigenvalue weighted by Crippen LogP contribution is 2.26. The third-order valence-corrected chi connectivity index (χ3v) is 6.29. The summed E-state index contributed by atoms with van der Waals surface area (Å²) in [6, 6.07) is 11.7. The summed E-state index contributed by atoms with van der Waals surface area (Å²) in [5.74, 6) is -0.769. The Morgan fingerprint density at radius 3 is 2.33 bits per heavy atom. The van der Waals surface area contributed by atoms with E-state index in [9.17, 15) is 23.3 Å². The van der Waals surface area contributed by atoms with Gasteiger partial charge in [-0.05, 0) is 32.9 Å². The molecule has 142 valence electrons. The number of hydrazone groups is 1. The zero-order valence-electron chi connectivity index (χ0n) is 15.0. The van der Waals surface area contributed by atoms with Gasteiger partial charge in [0, 0.05) is 11.6 Å². The number of hydrogen-bond donors (Lipinski definition) is 1. The lowest BCUT2D eigenvalue weighted by Gasteiger charge is -2.20. The quantitative estimate of drug-likeness (QED) is 0.479. The fourth-order valence-corrected chi connectivity index (χ4v) is 3.56. The van der Waals surface area contributed by atoms with Crippen molar-refractivity contribution < 1.29 is 18.1 Å². The van der Waals surface area contributed by atoms with E-state index in [1.807, 2.05) is 0 Å². The maximum atomic E-state index is 12.7. The highest BCUT2D eigenvalue weighted by molar-refractivity contribution is 7.92. The smallest absolute Gasteiger partial charge is 0.267 e. The molecule has 2 rings (SSSR count). The van der Waals surface area contributed by atoms with Crippen molar-refractivity contribution in [1.82, 2.24) is 5.43 Å². The van der Waals surface area contributed by atoms with Crippen LogP contribution in [0.2, 0.25) is 0 Å². The minimum atomic E-state index is -3.62. The minimum Gasteiger partial charge on any atom is -0.267 e. The number of hydrogen-bond acceptors (Lipinski definition) is 6. The summed E-state index contributed by atoms with van der Waals surface area (Å²) in [6.07, 6.45) is 1.20. The topological polar surface area (TPSA) is 119 Å². The molecule has 0 fully saturated rings. The molecule has 1 amide bonds. The lowest BCUT2D eigenvalue weighted by molar-refractivity contribution is -0.385. The van der Waals surface area contributed by atoms with E-state index in [-0.39, 0.29) is 16.1 Å². The van der Waals surface area contributed by atoms with Crippen LogP contribution in [0.25, 0.3) is 0 Å². The minimum absolute atomic E-state index is 0.0844. The van der Waals surface area contributed by atoms with Crippen LogP contribution in [0.4, 0.5) is 5.69 Å². The van der Waals surface area contributed by atoms with Gasteiger partial charge in [0.15, 0.2) is 9.84 Å². The second-order valence-corrected chi connectivity index (χ2v) is 9.30. The van der Waals surface area contributed by atoms with Crippen molar-refractivity contribution in [2.75, 3.05) is 0 Å². The average molecular weight is 389 g/mol. The molecule has 2 aromatic carbocycles. The van der Waals surface area contributed by atoms with Crippen molar-refractivity contribution in [2.45, 2.75) is 30.4 Å². The van der Waals surface area contributed by atoms with Gasteiger partial charge in [-0.15, -0.1) is 0 Å². The predicted molar refractivity (Wildman–Crippen MR) is 102 cm³/mol. The average Bonchev–Trinajstić information content (AvgIpc) is 2.61. The van der Waals surface area contributed by atoms with E-state index >= 15 is 0 Å². The fourth-order valence-electron chi connectivity index (χ4n) is 2.21. The number of nitrogens with zero attached hydrogens (tertiary/aromatic N) is 2. The molecule has 0 radical (unpaired) electrons. The number of nitro benzene ring substituents is 1. The molecule has 0 saturated carbocycles. The first-order chi connectivity index (χ1) is 12.6. The Hall–Kier alpha value is -3.07. The molecule has 0 unspecified atom stereocenters. The van der Waals surface area contributed by atoms with Crippen molar-refractivity contribution in [3.05, 3.63) is 69.8 Å². The summed E-state index contributed by atoms with van der Waals surface area (Å²) in [6.45, 7) is 4.77. The number of amides is 1. The summed E-state index contributed by atoms with van der Waals surface area (Å²) >= 11 is 0. The van der Waals surface area contributed by atoms with Gasteiger partial charge < -0.3 is 0 Å². The number of benzene rings is 2. The van der Waals surface area contributed by atoms with Crippen LogP contribution in [-0.2, 0) is 9.84 Å². The van der Waals surface area contributed by atoms with Crippen LogP contribution in [-0.4, -0.2) is 30.2 Å². The van der Waals surface area contributed by atoms with E-state index in [2.05, 4.69) is 10.5 Å². The molecular weight excluding hydrogens is 370 g/mol. The Bertz CT molecular complexity index is 1010.